The molecule has 89 valence electrons. The molecule has 0 aromatic heterocycles. The summed E-state index contributed by atoms with van der Waals surface area (Å²) in [5.41, 5.74) is 0.863. The van der Waals surface area contributed by atoms with Crippen LogP contribution in [0.1, 0.15) is 20.3 Å². The molecule has 0 heterocycles. The van der Waals surface area contributed by atoms with E-state index in [1.165, 1.54) is 0 Å². The molecular weight excluding hydrogens is 246 g/mol. The van der Waals surface area contributed by atoms with E-state index in [4.69, 9.17) is 0 Å². The van der Waals surface area contributed by atoms with E-state index in [2.05, 4.69) is 8.83 Å². The van der Waals surface area contributed by atoms with Gasteiger partial charge in [0.15, 0.2) is 0 Å². The highest BCUT2D eigenvalue weighted by atomic mass is 31.3. The number of allylic oxidation sites excluding steroid dienone is 1. The molecule has 0 aliphatic rings. The van der Waals surface area contributed by atoms with E-state index in [1.807, 2.05) is 0 Å². The second-order valence-electron chi connectivity index (χ2n) is 2.69. The van der Waals surface area contributed by atoms with Gasteiger partial charge in [-0.1, -0.05) is 11.6 Å². The lowest BCUT2D eigenvalue weighted by Crippen LogP contribution is -2.11. The molecule has 0 fully saturated rings. The highest BCUT2D eigenvalue weighted by Crippen LogP contribution is 2.53. The third-order valence-electron chi connectivity index (χ3n) is 1.44. The smallest absolute Gasteiger partial charge is 0.304 e. The van der Waals surface area contributed by atoms with Gasteiger partial charge in [-0.05, 0) is 20.3 Å². The summed E-state index contributed by atoms with van der Waals surface area (Å²) >= 11 is 0. The van der Waals surface area contributed by atoms with Crippen LogP contribution >= 0.6 is 15.6 Å². The van der Waals surface area contributed by atoms with E-state index in [1.54, 1.807) is 19.9 Å². The summed E-state index contributed by atoms with van der Waals surface area (Å²) in [5.74, 6) is 0. The van der Waals surface area contributed by atoms with E-state index in [0.29, 0.717) is 6.42 Å². The van der Waals surface area contributed by atoms with Gasteiger partial charge in [0.1, 0.15) is 0 Å². The third kappa shape index (κ3) is 8.96. The van der Waals surface area contributed by atoms with Crippen molar-refractivity contribution in [3.05, 3.63) is 11.6 Å². The first-order valence-corrected chi connectivity index (χ1v) is 6.89. The molecule has 0 aliphatic heterocycles. The van der Waals surface area contributed by atoms with Gasteiger partial charge < -0.3 is 14.3 Å². The highest BCUT2D eigenvalue weighted by molar-refractivity contribution is 7.59. The molecule has 0 saturated carbocycles. The maximum Gasteiger partial charge on any atom is 0.304 e. The van der Waals surface area contributed by atoms with Crippen molar-refractivity contribution >= 4 is 15.6 Å². The SMILES string of the molecule is C/C=C(/C)CCOP(=O)([O-])OP([O])(=O)[O-]. The Bertz CT molecular complexity index is 317. The molecular formula is C6H11O7P2-2. The number of phosphoric acid groups is 1. The van der Waals surface area contributed by atoms with Crippen LogP contribution in [-0.2, 0) is 22.9 Å². The van der Waals surface area contributed by atoms with Crippen molar-refractivity contribution in [2.24, 2.45) is 0 Å². The lowest BCUT2D eigenvalue weighted by Gasteiger charge is -2.26. The first kappa shape index (κ1) is 15.0. The molecule has 0 N–H and O–H groups in total. The van der Waals surface area contributed by atoms with Crippen molar-refractivity contribution in [1.82, 2.24) is 0 Å². The van der Waals surface area contributed by atoms with Crippen LogP contribution in [0, 0.1) is 0 Å². The van der Waals surface area contributed by atoms with E-state index >= 15 is 0 Å². The monoisotopic (exact) mass is 257 g/mol. The number of hydrogen-bond donors (Lipinski definition) is 0. The maximum atomic E-state index is 10.7. The molecule has 1 radical (unpaired) electrons. The molecule has 0 rings (SSSR count). The Morgan fingerprint density at radius 3 is 2.33 bits per heavy atom. The molecule has 9 heteroatoms. The quantitative estimate of drug-likeness (QED) is 0.511. The van der Waals surface area contributed by atoms with Gasteiger partial charge in [0.05, 0.1) is 6.61 Å². The van der Waals surface area contributed by atoms with Gasteiger partial charge in [0, 0.05) is 0 Å². The summed E-state index contributed by atoms with van der Waals surface area (Å²) < 4.78 is 28.1. The first-order chi connectivity index (χ1) is 6.66. The first-order valence-electron chi connectivity index (χ1n) is 3.97. The zero-order valence-electron chi connectivity index (χ0n) is 8.24. The Morgan fingerprint density at radius 1 is 1.40 bits per heavy atom. The minimum absolute atomic E-state index is 0.267. The fourth-order valence-electron chi connectivity index (χ4n) is 0.609. The molecule has 0 aromatic carbocycles. The lowest BCUT2D eigenvalue weighted by molar-refractivity contribution is -0.243. The van der Waals surface area contributed by atoms with Crippen LogP contribution in [0.15, 0.2) is 11.6 Å². The molecule has 15 heavy (non-hydrogen) atoms. The van der Waals surface area contributed by atoms with E-state index in [9.17, 15) is 23.8 Å². The van der Waals surface area contributed by atoms with Crippen molar-refractivity contribution in [2.45, 2.75) is 20.3 Å². The van der Waals surface area contributed by atoms with Crippen molar-refractivity contribution in [1.29, 1.82) is 0 Å². The number of rotatable bonds is 6. The molecule has 0 amide bonds. The average Bonchev–Trinajstić information content (AvgIpc) is 1.98. The largest absolute Gasteiger partial charge is 0.756 e. The third-order valence-corrected chi connectivity index (χ3v) is 3.54. The molecule has 0 spiro atoms. The number of hydrogen-bond acceptors (Lipinski definition) is 6. The van der Waals surface area contributed by atoms with Crippen LogP contribution in [0.4, 0.5) is 0 Å². The summed E-state index contributed by atoms with van der Waals surface area (Å²) in [6.07, 6.45) is 2.04. The summed E-state index contributed by atoms with van der Waals surface area (Å²) in [7, 11) is -10.6. The fraction of sp³-hybridized carbons (Fsp3) is 0.667. The fourth-order valence-corrected chi connectivity index (χ4v) is 2.09. The lowest BCUT2D eigenvalue weighted by atomic mass is 10.2. The second kappa shape index (κ2) is 5.92. The Morgan fingerprint density at radius 2 is 1.93 bits per heavy atom. The van der Waals surface area contributed by atoms with Crippen molar-refractivity contribution < 1.29 is 32.6 Å². The molecule has 1 atom stereocenters. The van der Waals surface area contributed by atoms with E-state index in [-0.39, 0.29) is 6.61 Å². The Kier molecular flexibility index (Phi) is 5.92. The van der Waals surface area contributed by atoms with Gasteiger partial charge >= 0.3 is 7.82 Å². The predicted octanol–water partition coefficient (Wildman–Crippen LogP) is 0.743. The van der Waals surface area contributed by atoms with Crippen LogP contribution in [0.5, 0.6) is 0 Å². The van der Waals surface area contributed by atoms with Gasteiger partial charge in [-0.15, -0.1) is 0 Å². The minimum Gasteiger partial charge on any atom is -0.756 e. The summed E-state index contributed by atoms with van der Waals surface area (Å²) in [6, 6.07) is 0. The molecule has 0 aromatic rings. The molecule has 0 saturated heterocycles. The average molecular weight is 257 g/mol. The summed E-state index contributed by atoms with van der Waals surface area (Å²) in [4.78, 5) is 30.7. The van der Waals surface area contributed by atoms with Gasteiger partial charge in [0.25, 0.3) is 7.82 Å². The van der Waals surface area contributed by atoms with Gasteiger partial charge in [0.2, 0.25) is 0 Å². The maximum absolute atomic E-state index is 10.7. The molecule has 7 nitrogen and oxygen atoms in total. The zero-order valence-corrected chi connectivity index (χ0v) is 10.0. The summed E-state index contributed by atoms with van der Waals surface area (Å²) in [6.45, 7) is 3.23. The van der Waals surface area contributed by atoms with Gasteiger partial charge in [-0.2, -0.15) is 4.89 Å². The van der Waals surface area contributed by atoms with Crippen LogP contribution in [0.2, 0.25) is 0 Å². The van der Waals surface area contributed by atoms with Crippen molar-refractivity contribution in [2.75, 3.05) is 6.61 Å². The van der Waals surface area contributed by atoms with E-state index < -0.39 is 15.6 Å². The summed E-state index contributed by atoms with van der Waals surface area (Å²) in [5, 5.41) is 0. The highest BCUT2D eigenvalue weighted by Gasteiger charge is 2.17. The topological polar surface area (TPSA) is 119 Å². The van der Waals surface area contributed by atoms with Gasteiger partial charge in [-0.3, -0.25) is 9.13 Å². The normalized spacial score (nSPS) is 20.7. The van der Waals surface area contributed by atoms with Crippen molar-refractivity contribution in [3.63, 3.8) is 0 Å². The standard InChI is InChI=1S/C6H13O7P2/c1-3-6(2)4-5-12-15(10,11)13-14(7,8)9/h3H,4-5H2,1-2H3,(H,7,8)(H,10,11)/p-2/b6-3-. The molecule has 1 unspecified atom stereocenters. The predicted molar refractivity (Wildman–Crippen MR) is 47.0 cm³/mol. The number of phosphoric ester groups is 1. The van der Waals surface area contributed by atoms with E-state index in [0.717, 1.165) is 5.57 Å². The van der Waals surface area contributed by atoms with Crippen LogP contribution < -0.4 is 9.79 Å². The zero-order chi connectivity index (χ0) is 12.1. The van der Waals surface area contributed by atoms with Crippen LogP contribution in [-0.4, -0.2) is 6.61 Å². The molecule has 0 bridgehead atoms. The Labute approximate surface area is 87.6 Å². The van der Waals surface area contributed by atoms with Gasteiger partial charge in [-0.25, -0.2) is 4.31 Å². The van der Waals surface area contributed by atoms with Crippen molar-refractivity contribution in [3.8, 4) is 0 Å². The van der Waals surface area contributed by atoms with Crippen LogP contribution in [0.3, 0.4) is 0 Å². The molecule has 0 aliphatic carbocycles. The van der Waals surface area contributed by atoms with Crippen LogP contribution in [0.25, 0.3) is 0 Å². The second-order valence-corrected chi connectivity index (χ2v) is 5.39. The minimum atomic E-state index is -5.57. The Balaban J connectivity index is 4.06. The Hall–Kier alpha value is -0.0000000000000000486.